The lowest BCUT2D eigenvalue weighted by Gasteiger charge is -2.27. The number of aromatic hydroxyl groups is 1. The lowest BCUT2D eigenvalue weighted by atomic mass is 9.87. The van der Waals surface area contributed by atoms with Crippen LogP contribution >= 0.6 is 11.8 Å². The summed E-state index contributed by atoms with van der Waals surface area (Å²) in [6.07, 6.45) is 0.171. The molecule has 0 aliphatic carbocycles. The van der Waals surface area contributed by atoms with Gasteiger partial charge in [-0.05, 0) is 35.7 Å². The summed E-state index contributed by atoms with van der Waals surface area (Å²) in [4.78, 5) is 29.6. The molecule has 0 saturated carbocycles. The molecule has 4 rings (SSSR count). The van der Waals surface area contributed by atoms with Crippen LogP contribution in [0.15, 0.2) is 58.5 Å². The van der Waals surface area contributed by atoms with Crippen LogP contribution in [0.25, 0.3) is 0 Å². The highest BCUT2D eigenvalue weighted by molar-refractivity contribution is 7.98. The van der Waals surface area contributed by atoms with Gasteiger partial charge in [-0.3, -0.25) is 9.59 Å². The molecule has 29 heavy (non-hydrogen) atoms. The molecule has 0 saturated heterocycles. The van der Waals surface area contributed by atoms with Crippen LogP contribution in [0.4, 0.5) is 5.82 Å². The molecule has 2 aromatic carbocycles. The number of aryl methyl sites for hydroxylation is 1. The number of phenolic OH excluding ortho intramolecular Hbond substituents is 1. The molecule has 1 amide bonds. The molecule has 0 fully saturated rings. The number of carbonyl (C=O) groups excluding carboxylic acids is 1. The summed E-state index contributed by atoms with van der Waals surface area (Å²) >= 11 is 1.47. The third-order valence-corrected chi connectivity index (χ3v) is 6.29. The fraction of sp³-hybridized carbons (Fsp3) is 0.227. The number of thioether (sulfide) groups is 1. The minimum atomic E-state index is -0.388. The summed E-state index contributed by atoms with van der Waals surface area (Å²) < 4.78 is 1.78. The molecular weight excluding hydrogens is 386 g/mol. The van der Waals surface area contributed by atoms with Gasteiger partial charge >= 0.3 is 0 Å². The van der Waals surface area contributed by atoms with Crippen LogP contribution in [0.2, 0.25) is 0 Å². The van der Waals surface area contributed by atoms with Crippen molar-refractivity contribution in [2.75, 3.05) is 5.32 Å². The van der Waals surface area contributed by atoms with E-state index in [1.807, 2.05) is 19.2 Å². The number of hydrogen-bond donors (Lipinski definition) is 2. The second-order valence-corrected chi connectivity index (χ2v) is 8.07. The Balaban J connectivity index is 1.72. The largest absolute Gasteiger partial charge is 0.508 e. The molecule has 1 aliphatic heterocycles. The molecule has 2 N–H and O–H groups in total. The standard InChI is InChI=1S/C22H21N3O3S/c1-13-5-3-4-6-15(13)12-29-22-24-21(28)19-17(14-7-9-16(26)10-8-14)11-18(27)23-20(19)25(22)2/h3-10,17,26H,11-12H2,1-2H3,(H,23,27). The maximum atomic E-state index is 12.9. The highest BCUT2D eigenvalue weighted by atomic mass is 32.2. The highest BCUT2D eigenvalue weighted by Crippen LogP contribution is 2.36. The zero-order valence-electron chi connectivity index (χ0n) is 16.2. The number of carbonyl (C=O) groups is 1. The van der Waals surface area contributed by atoms with Gasteiger partial charge in [0.1, 0.15) is 11.6 Å². The number of benzene rings is 2. The van der Waals surface area contributed by atoms with Crippen molar-refractivity contribution in [3.8, 4) is 5.75 Å². The van der Waals surface area contributed by atoms with Gasteiger partial charge < -0.3 is 15.0 Å². The summed E-state index contributed by atoms with van der Waals surface area (Å²) in [5, 5.41) is 13.0. The molecular formula is C22H21N3O3S. The summed E-state index contributed by atoms with van der Waals surface area (Å²) in [6.45, 7) is 2.05. The lowest BCUT2D eigenvalue weighted by molar-refractivity contribution is -0.116. The van der Waals surface area contributed by atoms with Gasteiger partial charge in [0.2, 0.25) is 5.91 Å². The molecule has 7 heteroatoms. The first kappa shape index (κ1) is 19.3. The molecule has 3 aromatic rings. The number of anilines is 1. The molecule has 1 unspecified atom stereocenters. The summed E-state index contributed by atoms with van der Waals surface area (Å²) in [5.41, 5.74) is 3.32. The van der Waals surface area contributed by atoms with Crippen molar-refractivity contribution >= 4 is 23.5 Å². The van der Waals surface area contributed by atoms with Crippen LogP contribution in [0.3, 0.4) is 0 Å². The topological polar surface area (TPSA) is 84.2 Å². The number of amides is 1. The van der Waals surface area contributed by atoms with E-state index in [0.717, 1.165) is 5.56 Å². The van der Waals surface area contributed by atoms with Crippen molar-refractivity contribution in [2.24, 2.45) is 7.05 Å². The molecule has 2 heterocycles. The van der Waals surface area contributed by atoms with Crippen molar-refractivity contribution < 1.29 is 9.90 Å². The highest BCUT2D eigenvalue weighted by Gasteiger charge is 2.32. The van der Waals surface area contributed by atoms with Gasteiger partial charge in [-0.1, -0.05) is 48.2 Å². The average Bonchev–Trinajstić information content (AvgIpc) is 2.70. The number of nitrogens with zero attached hydrogens (tertiary/aromatic N) is 2. The Morgan fingerprint density at radius 2 is 1.90 bits per heavy atom. The van der Waals surface area contributed by atoms with Crippen molar-refractivity contribution in [3.05, 3.63) is 81.1 Å². The zero-order chi connectivity index (χ0) is 20.5. The van der Waals surface area contributed by atoms with Crippen LogP contribution in [-0.4, -0.2) is 20.6 Å². The minimum absolute atomic E-state index is 0.142. The maximum Gasteiger partial charge on any atom is 0.279 e. The first-order valence-corrected chi connectivity index (χ1v) is 10.3. The quantitative estimate of drug-likeness (QED) is 0.510. The van der Waals surface area contributed by atoms with E-state index in [4.69, 9.17) is 0 Å². The summed E-state index contributed by atoms with van der Waals surface area (Å²) in [6, 6.07) is 14.7. The molecule has 0 spiro atoms. The van der Waals surface area contributed by atoms with Crippen molar-refractivity contribution in [2.45, 2.75) is 30.2 Å². The Kier molecular flexibility index (Phi) is 5.15. The number of rotatable bonds is 4. The normalized spacial score (nSPS) is 15.7. The summed E-state index contributed by atoms with van der Waals surface area (Å²) in [5.74, 6) is 0.781. The van der Waals surface area contributed by atoms with Crippen LogP contribution < -0.4 is 10.9 Å². The SMILES string of the molecule is Cc1ccccc1CSc1nc(=O)c2c(n1C)NC(=O)CC2c1ccc(O)cc1. The van der Waals surface area contributed by atoms with Crippen molar-refractivity contribution in [3.63, 3.8) is 0 Å². The van der Waals surface area contributed by atoms with Crippen LogP contribution in [0.1, 0.15) is 34.6 Å². The number of hydrogen-bond acceptors (Lipinski definition) is 5. The van der Waals surface area contributed by atoms with Gasteiger partial charge in [-0.2, -0.15) is 4.98 Å². The molecule has 6 nitrogen and oxygen atoms in total. The second-order valence-electron chi connectivity index (χ2n) is 7.13. The Bertz CT molecular complexity index is 1140. The smallest absolute Gasteiger partial charge is 0.279 e. The van der Waals surface area contributed by atoms with Gasteiger partial charge in [0.05, 0.1) is 5.56 Å². The third kappa shape index (κ3) is 3.78. The van der Waals surface area contributed by atoms with Gasteiger partial charge in [0, 0.05) is 25.1 Å². The first-order chi connectivity index (χ1) is 13.9. The fourth-order valence-corrected chi connectivity index (χ4v) is 4.61. The first-order valence-electron chi connectivity index (χ1n) is 9.31. The molecule has 1 aromatic heterocycles. The molecule has 0 bridgehead atoms. The molecule has 1 atom stereocenters. The Hall–Kier alpha value is -3.06. The second kappa shape index (κ2) is 7.75. The number of fused-ring (bicyclic) bond motifs is 1. The van der Waals surface area contributed by atoms with E-state index in [1.54, 1.807) is 28.8 Å². The molecule has 148 valence electrons. The van der Waals surface area contributed by atoms with E-state index < -0.39 is 0 Å². The van der Waals surface area contributed by atoms with Gasteiger partial charge in [0.25, 0.3) is 5.56 Å². The van der Waals surface area contributed by atoms with Gasteiger partial charge in [0.15, 0.2) is 5.16 Å². The molecule has 1 aliphatic rings. The van der Waals surface area contributed by atoms with Crippen LogP contribution in [0, 0.1) is 6.92 Å². The van der Waals surface area contributed by atoms with E-state index in [0.29, 0.717) is 22.3 Å². The van der Waals surface area contributed by atoms with Gasteiger partial charge in [-0.15, -0.1) is 0 Å². The number of phenols is 1. The van der Waals surface area contributed by atoms with E-state index in [-0.39, 0.29) is 29.6 Å². The maximum absolute atomic E-state index is 12.9. The van der Waals surface area contributed by atoms with E-state index in [2.05, 4.69) is 29.4 Å². The predicted octanol–water partition coefficient (Wildman–Crippen LogP) is 3.56. The average molecular weight is 407 g/mol. The van der Waals surface area contributed by atoms with E-state index in [9.17, 15) is 14.7 Å². The van der Waals surface area contributed by atoms with Crippen molar-refractivity contribution in [1.82, 2.24) is 9.55 Å². The monoisotopic (exact) mass is 407 g/mol. The lowest BCUT2D eigenvalue weighted by Crippen LogP contribution is -2.33. The predicted molar refractivity (Wildman–Crippen MR) is 113 cm³/mol. The molecule has 0 radical (unpaired) electrons. The van der Waals surface area contributed by atoms with Crippen LogP contribution in [-0.2, 0) is 17.6 Å². The Morgan fingerprint density at radius 1 is 1.17 bits per heavy atom. The number of nitrogens with one attached hydrogen (secondary N) is 1. The van der Waals surface area contributed by atoms with E-state index >= 15 is 0 Å². The van der Waals surface area contributed by atoms with E-state index in [1.165, 1.54) is 22.9 Å². The van der Waals surface area contributed by atoms with Crippen molar-refractivity contribution in [1.29, 1.82) is 0 Å². The van der Waals surface area contributed by atoms with Crippen LogP contribution in [0.5, 0.6) is 5.75 Å². The fourth-order valence-electron chi connectivity index (χ4n) is 3.57. The Labute approximate surface area is 172 Å². The van der Waals surface area contributed by atoms with Gasteiger partial charge in [-0.25, -0.2) is 0 Å². The number of aromatic nitrogens is 2. The Morgan fingerprint density at radius 3 is 2.62 bits per heavy atom. The summed E-state index contributed by atoms with van der Waals surface area (Å²) in [7, 11) is 1.81. The minimum Gasteiger partial charge on any atom is -0.508 e. The third-order valence-electron chi connectivity index (χ3n) is 5.21. The zero-order valence-corrected chi connectivity index (χ0v) is 17.0.